The Morgan fingerprint density at radius 3 is 2.09 bits per heavy atom. The molecule has 34 heavy (non-hydrogen) atoms. The molecule has 3 rings (SSSR count). The van der Waals surface area contributed by atoms with Crippen molar-refractivity contribution in [2.75, 3.05) is 10.6 Å². The average molecular weight is 509 g/mol. The molecule has 0 aliphatic heterocycles. The van der Waals surface area contributed by atoms with E-state index >= 15 is 0 Å². The van der Waals surface area contributed by atoms with Crippen LogP contribution < -0.4 is 10.6 Å². The number of benzene rings is 1. The minimum atomic E-state index is -1.77. The number of aryl methyl sites for hydroxylation is 2. The number of carboxylic acids is 1. The zero-order chi connectivity index (χ0) is 24.5. The zero-order valence-corrected chi connectivity index (χ0v) is 19.4. The Bertz CT molecular complexity index is 1150. The number of halogens is 1. The van der Waals surface area contributed by atoms with E-state index in [1.807, 2.05) is 0 Å². The maximum atomic E-state index is 13.2. The summed E-state index contributed by atoms with van der Waals surface area (Å²) in [5, 5.41) is 40.8. The molecule has 0 fully saturated rings. The molecule has 2 aromatic heterocycles. The number of rotatable bonds is 12. The highest BCUT2D eigenvalue weighted by Crippen LogP contribution is 2.20. The number of carbonyl (C=O) groups excluding carboxylic acids is 2. The number of amides is 2. The Labute approximate surface area is 201 Å². The van der Waals surface area contributed by atoms with E-state index in [0.29, 0.717) is 28.5 Å². The Hall–Kier alpha value is -3.36. The van der Waals surface area contributed by atoms with Gasteiger partial charge in [0.15, 0.2) is 6.10 Å². The number of aliphatic hydroxyl groups is 1. The van der Waals surface area contributed by atoms with E-state index in [1.165, 1.54) is 34.8 Å². The minimum absolute atomic E-state index is 0.0388. The largest absolute Gasteiger partial charge is 0.479 e. The Balaban J connectivity index is 1.36. The summed E-state index contributed by atoms with van der Waals surface area (Å²) < 4.78 is 13.2. The van der Waals surface area contributed by atoms with E-state index in [4.69, 9.17) is 5.11 Å². The second-order valence-electron chi connectivity index (χ2n) is 7.17. The molecule has 1 aromatic carbocycles. The van der Waals surface area contributed by atoms with Crippen molar-refractivity contribution in [2.45, 2.75) is 44.6 Å². The molecule has 0 spiro atoms. The molecular formula is C20H21FN6O5S2. The number of hydrogen-bond donors (Lipinski definition) is 4. The predicted octanol–water partition coefficient (Wildman–Crippen LogP) is 2.05. The number of nitrogens with one attached hydrogen (secondary N) is 2. The number of carbonyl (C=O) groups is 3. The first-order chi connectivity index (χ1) is 16.3. The van der Waals surface area contributed by atoms with Gasteiger partial charge in [0.25, 0.3) is 0 Å². The van der Waals surface area contributed by atoms with Gasteiger partial charge in [-0.25, -0.2) is 9.18 Å². The second kappa shape index (κ2) is 12.2. The second-order valence-corrected chi connectivity index (χ2v) is 9.29. The summed E-state index contributed by atoms with van der Waals surface area (Å²) in [5.74, 6) is -2.83. The van der Waals surface area contributed by atoms with Crippen LogP contribution in [0.25, 0.3) is 0 Å². The van der Waals surface area contributed by atoms with Gasteiger partial charge < -0.3 is 20.8 Å². The number of anilines is 2. The fourth-order valence-corrected chi connectivity index (χ4v) is 4.39. The maximum Gasteiger partial charge on any atom is 0.333 e. The number of aliphatic carboxylic acids is 1. The molecule has 2 heterocycles. The molecule has 4 N–H and O–H groups in total. The van der Waals surface area contributed by atoms with Gasteiger partial charge in [-0.05, 0) is 30.5 Å². The lowest BCUT2D eigenvalue weighted by Gasteiger charge is -2.03. The number of aliphatic hydroxyl groups excluding tert-OH is 1. The highest BCUT2D eigenvalue weighted by molar-refractivity contribution is 7.15. The molecule has 0 aliphatic carbocycles. The number of hydrogen-bond acceptors (Lipinski definition) is 10. The lowest BCUT2D eigenvalue weighted by Crippen LogP contribution is -2.26. The van der Waals surface area contributed by atoms with E-state index in [-0.39, 0.29) is 17.5 Å². The van der Waals surface area contributed by atoms with Crippen molar-refractivity contribution >= 4 is 50.7 Å². The van der Waals surface area contributed by atoms with Gasteiger partial charge in [-0.1, -0.05) is 34.8 Å². The van der Waals surface area contributed by atoms with Gasteiger partial charge in [-0.2, -0.15) is 0 Å². The maximum absolute atomic E-state index is 13.2. The third kappa shape index (κ3) is 8.20. The first kappa shape index (κ1) is 25.3. The van der Waals surface area contributed by atoms with Crippen LogP contribution in [-0.4, -0.2) is 54.5 Å². The summed E-state index contributed by atoms with van der Waals surface area (Å²) in [6.07, 6.45) is 0.555. The van der Waals surface area contributed by atoms with Crippen LogP contribution in [0.4, 0.5) is 14.7 Å². The fraction of sp³-hybridized carbons (Fsp3) is 0.350. The van der Waals surface area contributed by atoms with E-state index < -0.39 is 30.2 Å². The zero-order valence-electron chi connectivity index (χ0n) is 17.7. The lowest BCUT2D eigenvalue weighted by atomic mass is 10.1. The van der Waals surface area contributed by atoms with Crippen molar-refractivity contribution < 1.29 is 29.0 Å². The highest BCUT2D eigenvalue weighted by atomic mass is 32.1. The highest BCUT2D eigenvalue weighted by Gasteiger charge is 2.19. The molecule has 0 saturated heterocycles. The summed E-state index contributed by atoms with van der Waals surface area (Å²) in [6, 6.07) is 5.85. The summed E-state index contributed by atoms with van der Waals surface area (Å²) >= 11 is 2.45. The molecule has 0 radical (unpaired) electrons. The molecule has 0 unspecified atom stereocenters. The molecule has 11 nitrogen and oxygen atoms in total. The van der Waals surface area contributed by atoms with E-state index in [0.717, 1.165) is 17.8 Å². The first-order valence-corrected chi connectivity index (χ1v) is 11.8. The van der Waals surface area contributed by atoms with Gasteiger partial charge in [0.1, 0.15) is 15.8 Å². The van der Waals surface area contributed by atoms with Crippen LogP contribution in [0.2, 0.25) is 0 Å². The molecular weight excluding hydrogens is 487 g/mol. The number of carboxylic acid groups (broad SMARTS) is 1. The average Bonchev–Trinajstić information content (AvgIpc) is 3.40. The summed E-state index contributed by atoms with van der Waals surface area (Å²) in [6.45, 7) is 0. The van der Waals surface area contributed by atoms with E-state index in [9.17, 15) is 23.9 Å². The van der Waals surface area contributed by atoms with Gasteiger partial charge in [-0.3, -0.25) is 9.59 Å². The van der Waals surface area contributed by atoms with Crippen molar-refractivity contribution in [3.05, 3.63) is 45.7 Å². The van der Waals surface area contributed by atoms with Crippen molar-refractivity contribution in [1.29, 1.82) is 0 Å². The Morgan fingerprint density at radius 2 is 1.53 bits per heavy atom. The van der Waals surface area contributed by atoms with Crippen LogP contribution in [0.1, 0.15) is 34.8 Å². The summed E-state index contributed by atoms with van der Waals surface area (Å²) in [4.78, 5) is 34.4. The molecule has 14 heteroatoms. The van der Waals surface area contributed by atoms with Gasteiger partial charge in [0, 0.05) is 12.8 Å². The van der Waals surface area contributed by atoms with Crippen LogP contribution in [0, 0.1) is 5.82 Å². The SMILES string of the molecule is O=C(Cc1cccc(F)c1)Nc1nnc(CCCCc2nnc(NC(=O)C[C@@H](O)C(=O)O)s2)s1. The number of aromatic nitrogens is 4. The molecule has 0 bridgehead atoms. The molecule has 0 aliphatic rings. The number of unbranched alkanes of at least 4 members (excludes halogenated alkanes) is 1. The molecule has 1 atom stereocenters. The Kier molecular flexibility index (Phi) is 9.07. The fourth-order valence-electron chi connectivity index (χ4n) is 2.79. The molecule has 180 valence electrons. The van der Waals surface area contributed by atoms with Crippen LogP contribution in [0.15, 0.2) is 24.3 Å². The van der Waals surface area contributed by atoms with E-state index in [2.05, 4.69) is 31.0 Å². The van der Waals surface area contributed by atoms with Gasteiger partial charge in [0.2, 0.25) is 22.1 Å². The van der Waals surface area contributed by atoms with Gasteiger partial charge >= 0.3 is 5.97 Å². The molecule has 2 amide bonds. The minimum Gasteiger partial charge on any atom is -0.479 e. The predicted molar refractivity (Wildman–Crippen MR) is 122 cm³/mol. The van der Waals surface area contributed by atoms with Crippen LogP contribution in [0.5, 0.6) is 0 Å². The summed E-state index contributed by atoms with van der Waals surface area (Å²) in [5.41, 5.74) is 0.569. The van der Waals surface area contributed by atoms with Crippen LogP contribution >= 0.6 is 22.7 Å². The monoisotopic (exact) mass is 508 g/mol. The standard InChI is InChI=1S/C20H21FN6O5S2/c21-12-5-3-4-11(8-12)9-14(29)22-19-26-24-16(33-19)6-1-2-7-17-25-27-20(34-17)23-15(30)10-13(28)18(31)32/h3-5,8,13,28H,1-2,6-7,9-10H2,(H,31,32)(H,22,26,29)(H,23,27,30)/t13-/m1/s1. The van der Waals surface area contributed by atoms with E-state index in [1.54, 1.807) is 12.1 Å². The quantitative estimate of drug-likeness (QED) is 0.268. The van der Waals surface area contributed by atoms with Crippen LogP contribution in [0.3, 0.4) is 0 Å². The smallest absolute Gasteiger partial charge is 0.333 e. The molecule has 0 saturated carbocycles. The Morgan fingerprint density at radius 1 is 0.941 bits per heavy atom. The first-order valence-electron chi connectivity index (χ1n) is 10.2. The van der Waals surface area contributed by atoms with Crippen LogP contribution in [-0.2, 0) is 33.6 Å². The number of nitrogens with zero attached hydrogens (tertiary/aromatic N) is 4. The molecule has 3 aromatic rings. The lowest BCUT2D eigenvalue weighted by molar-refractivity contribution is -0.148. The summed E-state index contributed by atoms with van der Waals surface area (Å²) in [7, 11) is 0. The van der Waals surface area contributed by atoms with Crippen molar-refractivity contribution in [2.24, 2.45) is 0 Å². The topological polar surface area (TPSA) is 167 Å². The van der Waals surface area contributed by atoms with Gasteiger partial charge in [0.05, 0.1) is 12.8 Å². The van der Waals surface area contributed by atoms with Crippen molar-refractivity contribution in [1.82, 2.24) is 20.4 Å². The van der Waals surface area contributed by atoms with Crippen molar-refractivity contribution in [3.8, 4) is 0 Å². The normalized spacial score (nSPS) is 11.7. The van der Waals surface area contributed by atoms with Gasteiger partial charge in [-0.15, -0.1) is 20.4 Å². The van der Waals surface area contributed by atoms with Crippen molar-refractivity contribution in [3.63, 3.8) is 0 Å². The third-order valence-electron chi connectivity index (χ3n) is 4.38. The third-order valence-corrected chi connectivity index (χ3v) is 6.17.